The third kappa shape index (κ3) is 5.58. The molecule has 0 atom stereocenters. The minimum absolute atomic E-state index is 0.115. The number of rotatable bonds is 8. The van der Waals surface area contributed by atoms with E-state index in [2.05, 4.69) is 65.2 Å². The van der Waals surface area contributed by atoms with Gasteiger partial charge in [0.15, 0.2) is 5.65 Å². The second-order valence-corrected chi connectivity index (χ2v) is 10.6. The number of methoxy groups -OCH3 is 1. The van der Waals surface area contributed by atoms with Crippen molar-refractivity contribution in [2.75, 3.05) is 51.3 Å². The summed E-state index contributed by atoms with van der Waals surface area (Å²) >= 11 is 0. The van der Waals surface area contributed by atoms with Crippen LogP contribution >= 0.6 is 0 Å². The van der Waals surface area contributed by atoms with Crippen molar-refractivity contribution in [3.8, 4) is 0 Å². The molecule has 2 aromatic heterocycles. The number of hydrogen-bond donors (Lipinski definition) is 0. The standard InChI is InChI=1S/C27H40N6O/c1-20-9-10-22(27(2,3)4)17-21(20)18-23-24-25(28-19-31(24)5)30-26(29-23)33-14-12-32(13-15-33)11-7-8-16-34-6/h9-10,17,19H,7-8,11-16,18H2,1-6H3. The van der Waals surface area contributed by atoms with Crippen molar-refractivity contribution in [1.82, 2.24) is 24.4 Å². The quantitative estimate of drug-likeness (QED) is 0.468. The highest BCUT2D eigenvalue weighted by atomic mass is 16.5. The van der Waals surface area contributed by atoms with Crippen molar-refractivity contribution in [1.29, 1.82) is 0 Å². The van der Waals surface area contributed by atoms with Crippen molar-refractivity contribution in [3.63, 3.8) is 0 Å². The van der Waals surface area contributed by atoms with Gasteiger partial charge < -0.3 is 14.2 Å². The van der Waals surface area contributed by atoms with Crippen LogP contribution in [0.15, 0.2) is 24.5 Å². The van der Waals surface area contributed by atoms with Gasteiger partial charge in [-0.05, 0) is 48.4 Å². The Hall–Kier alpha value is -2.51. The molecule has 4 rings (SSSR count). The van der Waals surface area contributed by atoms with E-state index in [4.69, 9.17) is 14.7 Å². The van der Waals surface area contributed by atoms with Crippen molar-refractivity contribution in [2.24, 2.45) is 7.05 Å². The number of aryl methyl sites for hydroxylation is 2. The highest BCUT2D eigenvalue weighted by Gasteiger charge is 2.22. The molecule has 1 aromatic carbocycles. The van der Waals surface area contributed by atoms with E-state index in [1.165, 1.54) is 23.1 Å². The maximum Gasteiger partial charge on any atom is 0.227 e. The zero-order chi connectivity index (χ0) is 24.3. The van der Waals surface area contributed by atoms with E-state index in [-0.39, 0.29) is 5.41 Å². The molecule has 0 aliphatic carbocycles. The minimum atomic E-state index is 0.115. The fraction of sp³-hybridized carbons (Fsp3) is 0.593. The summed E-state index contributed by atoms with van der Waals surface area (Å²) in [5.74, 6) is 0.810. The highest BCUT2D eigenvalue weighted by molar-refractivity contribution is 5.75. The van der Waals surface area contributed by atoms with Crippen LogP contribution in [0.4, 0.5) is 5.95 Å². The molecule has 1 fully saturated rings. The number of ether oxygens (including phenoxy) is 1. The number of hydrogen-bond acceptors (Lipinski definition) is 6. The molecular formula is C27H40N6O. The molecule has 1 aliphatic heterocycles. The fourth-order valence-corrected chi connectivity index (χ4v) is 4.65. The molecule has 1 aliphatic rings. The average Bonchev–Trinajstić information content (AvgIpc) is 3.19. The number of fused-ring (bicyclic) bond motifs is 1. The number of imidazole rings is 1. The van der Waals surface area contributed by atoms with Gasteiger partial charge in [0.05, 0.1) is 12.0 Å². The number of piperazine rings is 1. The molecule has 0 N–H and O–H groups in total. The number of anilines is 1. The first-order valence-electron chi connectivity index (χ1n) is 12.5. The van der Waals surface area contributed by atoms with Gasteiger partial charge in [-0.2, -0.15) is 4.98 Å². The molecule has 1 saturated heterocycles. The Bertz CT molecular complexity index is 1110. The van der Waals surface area contributed by atoms with E-state index in [9.17, 15) is 0 Å². The lowest BCUT2D eigenvalue weighted by molar-refractivity contribution is 0.182. The topological polar surface area (TPSA) is 59.3 Å². The van der Waals surface area contributed by atoms with Crippen molar-refractivity contribution < 1.29 is 4.74 Å². The Balaban J connectivity index is 1.56. The van der Waals surface area contributed by atoms with E-state index >= 15 is 0 Å². The molecule has 3 heterocycles. The monoisotopic (exact) mass is 464 g/mol. The van der Waals surface area contributed by atoms with E-state index in [0.29, 0.717) is 0 Å². The molecule has 34 heavy (non-hydrogen) atoms. The smallest absolute Gasteiger partial charge is 0.227 e. The first-order chi connectivity index (χ1) is 16.3. The van der Waals surface area contributed by atoms with Gasteiger partial charge in [-0.3, -0.25) is 4.90 Å². The third-order valence-corrected chi connectivity index (χ3v) is 6.93. The Morgan fingerprint density at radius 1 is 1.03 bits per heavy atom. The van der Waals surface area contributed by atoms with Crippen LogP contribution in [-0.4, -0.2) is 70.9 Å². The summed E-state index contributed by atoms with van der Waals surface area (Å²) in [5.41, 5.74) is 6.95. The summed E-state index contributed by atoms with van der Waals surface area (Å²) in [6.45, 7) is 14.9. The van der Waals surface area contributed by atoms with Crippen LogP contribution in [0, 0.1) is 6.92 Å². The molecule has 184 valence electrons. The summed E-state index contributed by atoms with van der Waals surface area (Å²) in [6, 6.07) is 6.84. The SMILES string of the molecule is COCCCCN1CCN(c2nc(Cc3cc(C(C)(C)C)ccc3C)c3c(ncn3C)n2)CC1. The Morgan fingerprint density at radius 2 is 1.79 bits per heavy atom. The second kappa shape index (κ2) is 10.4. The summed E-state index contributed by atoms with van der Waals surface area (Å²) in [7, 11) is 3.80. The van der Waals surface area contributed by atoms with Crippen molar-refractivity contribution in [3.05, 3.63) is 46.9 Å². The second-order valence-electron chi connectivity index (χ2n) is 10.6. The summed E-state index contributed by atoms with van der Waals surface area (Å²) < 4.78 is 7.23. The summed E-state index contributed by atoms with van der Waals surface area (Å²) in [4.78, 5) is 19.4. The molecule has 0 spiro atoms. The molecule has 0 radical (unpaired) electrons. The zero-order valence-corrected chi connectivity index (χ0v) is 21.8. The van der Waals surface area contributed by atoms with Crippen LogP contribution in [-0.2, 0) is 23.6 Å². The molecular weight excluding hydrogens is 424 g/mol. The maximum absolute atomic E-state index is 5.18. The third-order valence-electron chi connectivity index (χ3n) is 6.93. The predicted molar refractivity (Wildman–Crippen MR) is 139 cm³/mol. The lowest BCUT2D eigenvalue weighted by atomic mass is 9.84. The van der Waals surface area contributed by atoms with Crippen LogP contribution in [0.25, 0.3) is 11.2 Å². The van der Waals surface area contributed by atoms with Gasteiger partial charge in [0.25, 0.3) is 0 Å². The van der Waals surface area contributed by atoms with E-state index in [1.807, 2.05) is 13.4 Å². The van der Waals surface area contributed by atoms with Crippen molar-refractivity contribution in [2.45, 2.75) is 52.4 Å². The number of aromatic nitrogens is 4. The van der Waals surface area contributed by atoms with Crippen LogP contribution in [0.1, 0.15) is 56.0 Å². The Morgan fingerprint density at radius 3 is 2.50 bits per heavy atom. The zero-order valence-electron chi connectivity index (χ0n) is 21.8. The lowest BCUT2D eigenvalue weighted by Crippen LogP contribution is -2.47. The van der Waals surface area contributed by atoms with Crippen LogP contribution < -0.4 is 4.90 Å². The van der Waals surface area contributed by atoms with Gasteiger partial charge in [0.1, 0.15) is 5.52 Å². The minimum Gasteiger partial charge on any atom is -0.385 e. The Kier molecular flexibility index (Phi) is 7.53. The first-order valence-corrected chi connectivity index (χ1v) is 12.5. The summed E-state index contributed by atoms with van der Waals surface area (Å²) in [6.07, 6.45) is 4.93. The maximum atomic E-state index is 5.18. The number of nitrogens with zero attached hydrogens (tertiary/aromatic N) is 6. The molecule has 7 nitrogen and oxygen atoms in total. The van der Waals surface area contributed by atoms with Crippen molar-refractivity contribution >= 4 is 17.1 Å². The van der Waals surface area contributed by atoms with E-state index in [1.54, 1.807) is 7.11 Å². The van der Waals surface area contributed by atoms with Gasteiger partial charge in [-0.15, -0.1) is 0 Å². The molecule has 7 heteroatoms. The van der Waals surface area contributed by atoms with Gasteiger partial charge in [0, 0.05) is 53.4 Å². The fourth-order valence-electron chi connectivity index (χ4n) is 4.65. The lowest BCUT2D eigenvalue weighted by Gasteiger charge is -2.34. The van der Waals surface area contributed by atoms with Gasteiger partial charge in [-0.1, -0.05) is 39.0 Å². The summed E-state index contributed by atoms with van der Waals surface area (Å²) in [5, 5.41) is 0. The largest absolute Gasteiger partial charge is 0.385 e. The highest BCUT2D eigenvalue weighted by Crippen LogP contribution is 2.27. The molecule has 0 saturated carbocycles. The molecule has 0 bridgehead atoms. The molecule has 0 amide bonds. The van der Waals surface area contributed by atoms with Crippen LogP contribution in [0.2, 0.25) is 0 Å². The van der Waals surface area contributed by atoms with Crippen LogP contribution in [0.5, 0.6) is 0 Å². The normalized spacial score (nSPS) is 15.4. The molecule has 3 aromatic rings. The average molecular weight is 465 g/mol. The number of unbranched alkanes of at least 4 members (excludes halogenated alkanes) is 1. The van der Waals surface area contributed by atoms with E-state index < -0.39 is 0 Å². The van der Waals surface area contributed by atoms with E-state index in [0.717, 1.165) is 75.0 Å². The van der Waals surface area contributed by atoms with Crippen LogP contribution in [0.3, 0.4) is 0 Å². The predicted octanol–water partition coefficient (Wildman–Crippen LogP) is 4.11. The Labute approximate surface area is 204 Å². The van der Waals surface area contributed by atoms with Gasteiger partial charge in [0.2, 0.25) is 5.95 Å². The molecule has 0 unspecified atom stereocenters. The number of benzene rings is 1. The van der Waals surface area contributed by atoms with Gasteiger partial charge in [-0.25, -0.2) is 9.97 Å². The first kappa shape index (κ1) is 24.6. The van der Waals surface area contributed by atoms with Gasteiger partial charge >= 0.3 is 0 Å².